The summed E-state index contributed by atoms with van der Waals surface area (Å²) >= 11 is 0. The summed E-state index contributed by atoms with van der Waals surface area (Å²) in [6.45, 7) is 8.11. The molecule has 0 aliphatic carbocycles. The van der Waals surface area contributed by atoms with Gasteiger partial charge in [-0.25, -0.2) is 4.85 Å². The lowest BCUT2D eigenvalue weighted by Crippen LogP contribution is -1.99. The van der Waals surface area contributed by atoms with Crippen molar-refractivity contribution in [2.45, 2.75) is 0 Å². The Balaban J connectivity index is 1.30. The van der Waals surface area contributed by atoms with Crippen LogP contribution in [0.5, 0.6) is 0 Å². The van der Waals surface area contributed by atoms with Crippen molar-refractivity contribution in [3.8, 4) is 22.5 Å². The van der Waals surface area contributed by atoms with E-state index in [9.17, 15) is 0 Å². The maximum Gasteiger partial charge on any atom is 0.189 e. The molecular weight excluding hydrogens is 574 g/mol. The van der Waals surface area contributed by atoms with Crippen LogP contribution < -0.4 is 0 Å². The van der Waals surface area contributed by atoms with Crippen LogP contribution in [0.2, 0.25) is 0 Å². The predicted molar refractivity (Wildman–Crippen MR) is 194 cm³/mol. The molecule has 0 N–H and O–H groups in total. The molecule has 0 saturated carbocycles. The topological polar surface area (TPSA) is 27.4 Å². The van der Waals surface area contributed by atoms with E-state index in [0.29, 0.717) is 5.69 Å². The van der Waals surface area contributed by atoms with Crippen LogP contribution in [-0.4, -0.2) is 9.13 Å². The lowest BCUT2D eigenvalue weighted by atomic mass is 10.0. The van der Waals surface area contributed by atoms with Gasteiger partial charge < -0.3 is 13.6 Å². The molecule has 7 aromatic carbocycles. The molecule has 0 radical (unpaired) electrons. The average Bonchev–Trinajstić information content (AvgIpc) is 3.79. The van der Waals surface area contributed by atoms with Crippen LogP contribution in [0, 0.1) is 6.57 Å². The lowest BCUT2D eigenvalue weighted by molar-refractivity contribution is 0.669. The van der Waals surface area contributed by atoms with Crippen molar-refractivity contribution >= 4 is 71.2 Å². The summed E-state index contributed by atoms with van der Waals surface area (Å²) in [6.07, 6.45) is 0. The average molecular weight is 600 g/mol. The third kappa shape index (κ3) is 3.63. The van der Waals surface area contributed by atoms with Gasteiger partial charge in [0.2, 0.25) is 0 Å². The number of hydrogen-bond donors (Lipinski definition) is 0. The summed E-state index contributed by atoms with van der Waals surface area (Å²) in [6, 6.07) is 52.9. The first kappa shape index (κ1) is 25.7. The van der Waals surface area contributed by atoms with Crippen LogP contribution in [0.3, 0.4) is 0 Å². The van der Waals surface area contributed by atoms with Gasteiger partial charge in [-0.15, -0.1) is 0 Å². The van der Waals surface area contributed by atoms with Gasteiger partial charge in [-0.05, 0) is 66.2 Å². The Morgan fingerprint density at radius 1 is 0.489 bits per heavy atom. The van der Waals surface area contributed by atoms with Crippen LogP contribution in [0.25, 0.3) is 92.9 Å². The van der Waals surface area contributed by atoms with Crippen LogP contribution in [-0.2, 0) is 0 Å². The number of aromatic nitrogens is 2. The van der Waals surface area contributed by atoms with Gasteiger partial charge in [0, 0.05) is 38.2 Å². The van der Waals surface area contributed by atoms with Crippen LogP contribution in [0.4, 0.5) is 5.69 Å². The molecule has 0 unspecified atom stereocenters. The molecule has 0 atom stereocenters. The molecule has 218 valence electrons. The zero-order valence-electron chi connectivity index (χ0n) is 25.2. The van der Waals surface area contributed by atoms with E-state index in [1.165, 1.54) is 21.5 Å². The van der Waals surface area contributed by atoms with E-state index in [0.717, 1.165) is 66.5 Å². The maximum atomic E-state index is 8.11. The van der Waals surface area contributed by atoms with E-state index < -0.39 is 0 Å². The van der Waals surface area contributed by atoms with Crippen molar-refractivity contribution in [2.75, 3.05) is 0 Å². The number of fused-ring (bicyclic) bond motifs is 10. The van der Waals surface area contributed by atoms with E-state index in [1.807, 2.05) is 24.3 Å². The summed E-state index contributed by atoms with van der Waals surface area (Å²) in [7, 11) is 0. The molecule has 10 aromatic rings. The summed E-state index contributed by atoms with van der Waals surface area (Å²) in [5.41, 5.74) is 10.9. The van der Waals surface area contributed by atoms with Gasteiger partial charge in [-0.2, -0.15) is 0 Å². The van der Waals surface area contributed by atoms with Gasteiger partial charge in [0.25, 0.3) is 0 Å². The van der Waals surface area contributed by atoms with Crippen LogP contribution >= 0.6 is 0 Å². The first-order chi connectivity index (χ1) is 23.3. The van der Waals surface area contributed by atoms with Gasteiger partial charge in [-0.1, -0.05) is 91.0 Å². The van der Waals surface area contributed by atoms with Gasteiger partial charge in [-0.3, -0.25) is 0 Å². The van der Waals surface area contributed by atoms with Crippen molar-refractivity contribution in [2.24, 2.45) is 0 Å². The first-order valence-electron chi connectivity index (χ1n) is 15.7. The molecule has 3 heterocycles. The van der Waals surface area contributed by atoms with Crippen molar-refractivity contribution in [1.29, 1.82) is 0 Å². The second-order valence-corrected chi connectivity index (χ2v) is 12.0. The number of rotatable bonds is 3. The molecule has 0 bridgehead atoms. The number of para-hydroxylation sites is 5. The Morgan fingerprint density at radius 3 is 1.81 bits per heavy atom. The highest BCUT2D eigenvalue weighted by molar-refractivity contribution is 6.24. The van der Waals surface area contributed by atoms with Crippen molar-refractivity contribution in [3.63, 3.8) is 0 Å². The molecule has 0 fully saturated rings. The summed E-state index contributed by atoms with van der Waals surface area (Å²) in [5.74, 6) is 0. The molecule has 0 saturated heterocycles. The lowest BCUT2D eigenvalue weighted by Gasteiger charge is -2.16. The summed E-state index contributed by atoms with van der Waals surface area (Å²) in [4.78, 5) is 3.97. The number of benzene rings is 7. The second-order valence-electron chi connectivity index (χ2n) is 12.0. The molecule has 3 aromatic heterocycles. The smallest absolute Gasteiger partial charge is 0.189 e. The van der Waals surface area contributed by atoms with E-state index in [2.05, 4.69) is 141 Å². The standard InChI is InChI=1S/C43H25N3O/c1-44-28-24-27(25-29(26-28)45-37-18-8-3-13-31(37)32-14-4-9-19-38(32)45)30-12-2-7-17-36(30)46-39-20-10-5-15-33(39)34-22-23-41-42(43(34)46)35-16-6-11-21-40(35)47-41/h2-26H. The van der Waals surface area contributed by atoms with Gasteiger partial charge >= 0.3 is 0 Å². The predicted octanol–water partition coefficient (Wildman–Crippen LogP) is 12.0. The van der Waals surface area contributed by atoms with Gasteiger partial charge in [0.05, 0.1) is 39.7 Å². The molecule has 10 rings (SSSR count). The number of furan rings is 1. The molecule has 0 aliphatic heterocycles. The number of hydrogen-bond acceptors (Lipinski definition) is 1. The third-order valence-corrected chi connectivity index (χ3v) is 9.50. The third-order valence-electron chi connectivity index (χ3n) is 9.50. The summed E-state index contributed by atoms with van der Waals surface area (Å²) < 4.78 is 11.0. The minimum absolute atomic E-state index is 0.597. The molecule has 47 heavy (non-hydrogen) atoms. The molecule has 0 aliphatic rings. The Morgan fingerprint density at radius 2 is 1.09 bits per heavy atom. The van der Waals surface area contributed by atoms with E-state index in [-0.39, 0.29) is 0 Å². The van der Waals surface area contributed by atoms with Crippen molar-refractivity contribution in [1.82, 2.24) is 9.13 Å². The Hall–Kier alpha value is -6.57. The highest BCUT2D eigenvalue weighted by Crippen LogP contribution is 2.43. The number of nitrogens with zero attached hydrogens (tertiary/aromatic N) is 3. The fourth-order valence-electron chi connectivity index (χ4n) is 7.57. The Kier molecular flexibility index (Phi) is 5.32. The summed E-state index contributed by atoms with van der Waals surface area (Å²) in [5, 5.41) is 6.95. The molecule has 4 heteroatoms. The maximum absolute atomic E-state index is 8.11. The molecular formula is C43H25N3O. The van der Waals surface area contributed by atoms with E-state index >= 15 is 0 Å². The fourth-order valence-corrected chi connectivity index (χ4v) is 7.57. The normalized spacial score (nSPS) is 11.8. The van der Waals surface area contributed by atoms with Gasteiger partial charge in [0.15, 0.2) is 5.69 Å². The molecule has 0 spiro atoms. The SMILES string of the molecule is [C-]#[N+]c1cc(-c2ccccc2-n2c3ccccc3c3ccc4oc5ccccc5c4c32)cc(-n2c3ccccc3c3ccccc32)c1. The van der Waals surface area contributed by atoms with Crippen LogP contribution in [0.15, 0.2) is 156 Å². The van der Waals surface area contributed by atoms with Gasteiger partial charge in [0.1, 0.15) is 11.2 Å². The van der Waals surface area contributed by atoms with Crippen molar-refractivity contribution in [3.05, 3.63) is 163 Å². The molecule has 0 amide bonds. The van der Waals surface area contributed by atoms with E-state index in [1.54, 1.807) is 0 Å². The first-order valence-corrected chi connectivity index (χ1v) is 15.7. The quantitative estimate of drug-likeness (QED) is 0.186. The van der Waals surface area contributed by atoms with Crippen LogP contribution in [0.1, 0.15) is 0 Å². The highest BCUT2D eigenvalue weighted by Gasteiger charge is 2.21. The van der Waals surface area contributed by atoms with Crippen molar-refractivity contribution < 1.29 is 4.42 Å². The zero-order valence-corrected chi connectivity index (χ0v) is 25.2. The second kappa shape index (κ2) is 9.71. The fraction of sp³-hybridized carbons (Fsp3) is 0. The Bertz CT molecular complexity index is 2880. The van der Waals surface area contributed by atoms with E-state index in [4.69, 9.17) is 11.0 Å². The monoisotopic (exact) mass is 599 g/mol. The largest absolute Gasteiger partial charge is 0.456 e. The Labute approximate surface area is 269 Å². The minimum Gasteiger partial charge on any atom is -0.456 e. The minimum atomic E-state index is 0.597. The zero-order chi connectivity index (χ0) is 31.1. The highest BCUT2D eigenvalue weighted by atomic mass is 16.3. The molecule has 4 nitrogen and oxygen atoms in total.